The van der Waals surface area contributed by atoms with Crippen molar-refractivity contribution in [1.29, 1.82) is 0 Å². The third-order valence-corrected chi connectivity index (χ3v) is 3.53. The Hall–Kier alpha value is -1.75. The van der Waals surface area contributed by atoms with Crippen LogP contribution in [0.1, 0.15) is 12.0 Å². The van der Waals surface area contributed by atoms with E-state index in [9.17, 15) is 9.59 Å². The van der Waals surface area contributed by atoms with Crippen LogP contribution < -0.4 is 9.64 Å². The molecule has 0 aliphatic carbocycles. The van der Waals surface area contributed by atoms with Gasteiger partial charge in [-0.25, -0.2) is 0 Å². The van der Waals surface area contributed by atoms with Crippen LogP contribution in [0, 0.1) is 12.8 Å². The zero-order valence-corrected chi connectivity index (χ0v) is 11.4. The number of carboxylic acid groups (broad SMARTS) is 1. The predicted molar refractivity (Wildman–Crippen MR) is 70.8 cm³/mol. The number of hydrogen-bond donors (Lipinski definition) is 1. The summed E-state index contributed by atoms with van der Waals surface area (Å²) in [5, 5.41) is 9.37. The van der Waals surface area contributed by atoms with Gasteiger partial charge in [-0.2, -0.15) is 0 Å². The first-order chi connectivity index (χ1) is 8.93. The Morgan fingerprint density at radius 1 is 1.53 bits per heavy atom. The van der Waals surface area contributed by atoms with Gasteiger partial charge in [-0.15, -0.1) is 0 Å². The maximum Gasteiger partial charge on any atom is 0.308 e. The van der Waals surface area contributed by atoms with Gasteiger partial charge in [0.05, 0.1) is 18.1 Å². The normalized spacial score (nSPS) is 18.8. The maximum absolute atomic E-state index is 11.9. The number of amides is 1. The molecule has 0 aromatic heterocycles. The van der Waals surface area contributed by atoms with E-state index in [0.717, 1.165) is 5.56 Å². The molecule has 1 heterocycles. The molecule has 19 heavy (non-hydrogen) atoms. The SMILES string of the molecule is COc1cc(C)c(N2CC(C(=O)O)CC2=O)cc1Cl. The quantitative estimate of drug-likeness (QED) is 0.922. The third-order valence-electron chi connectivity index (χ3n) is 3.24. The van der Waals surface area contributed by atoms with E-state index >= 15 is 0 Å². The van der Waals surface area contributed by atoms with E-state index in [0.29, 0.717) is 16.5 Å². The Morgan fingerprint density at radius 3 is 2.74 bits per heavy atom. The monoisotopic (exact) mass is 283 g/mol. The van der Waals surface area contributed by atoms with Gasteiger partial charge >= 0.3 is 5.97 Å². The van der Waals surface area contributed by atoms with Crippen molar-refractivity contribution in [1.82, 2.24) is 0 Å². The van der Waals surface area contributed by atoms with E-state index in [1.807, 2.05) is 6.92 Å². The first kappa shape index (κ1) is 13.7. The van der Waals surface area contributed by atoms with Crippen LogP contribution >= 0.6 is 11.6 Å². The van der Waals surface area contributed by atoms with Crippen molar-refractivity contribution in [3.63, 3.8) is 0 Å². The van der Waals surface area contributed by atoms with Gasteiger partial charge in [0.15, 0.2) is 0 Å². The lowest BCUT2D eigenvalue weighted by Gasteiger charge is -2.20. The number of anilines is 1. The number of halogens is 1. The van der Waals surface area contributed by atoms with Gasteiger partial charge in [-0.1, -0.05) is 11.6 Å². The zero-order chi connectivity index (χ0) is 14.2. The van der Waals surface area contributed by atoms with Gasteiger partial charge < -0.3 is 14.7 Å². The molecule has 0 radical (unpaired) electrons. The summed E-state index contributed by atoms with van der Waals surface area (Å²) in [6, 6.07) is 3.37. The average Bonchev–Trinajstić information content (AvgIpc) is 2.74. The highest BCUT2D eigenvalue weighted by atomic mass is 35.5. The van der Waals surface area contributed by atoms with Crippen LogP contribution in [-0.4, -0.2) is 30.6 Å². The molecule has 1 aromatic carbocycles. The van der Waals surface area contributed by atoms with Crippen LogP contribution in [0.25, 0.3) is 0 Å². The second-order valence-electron chi connectivity index (χ2n) is 4.52. The number of carbonyl (C=O) groups excluding carboxylic acids is 1. The standard InChI is InChI=1S/C13H14ClNO4/c1-7-3-11(19-2)9(14)5-10(7)15-6-8(13(17)18)4-12(15)16/h3,5,8H,4,6H2,1-2H3,(H,17,18). The molecule has 0 saturated carbocycles. The Labute approximate surface area is 115 Å². The van der Waals surface area contributed by atoms with Gasteiger partial charge in [0.2, 0.25) is 5.91 Å². The van der Waals surface area contributed by atoms with Gasteiger partial charge in [-0.3, -0.25) is 9.59 Å². The third kappa shape index (κ3) is 2.51. The summed E-state index contributed by atoms with van der Waals surface area (Å²) in [5.41, 5.74) is 1.46. The number of carboxylic acids is 1. The van der Waals surface area contributed by atoms with E-state index in [-0.39, 0.29) is 18.9 Å². The molecule has 0 bridgehead atoms. The molecule has 1 N–H and O–H groups in total. The molecule has 1 aromatic rings. The van der Waals surface area contributed by atoms with Gasteiger partial charge in [-0.05, 0) is 24.6 Å². The number of hydrogen-bond acceptors (Lipinski definition) is 3. The molecule has 2 rings (SSSR count). The highest BCUT2D eigenvalue weighted by Crippen LogP contribution is 2.35. The number of aryl methyl sites for hydroxylation is 1. The minimum absolute atomic E-state index is 0.0262. The summed E-state index contributed by atoms with van der Waals surface area (Å²) in [4.78, 5) is 24.3. The first-order valence-corrected chi connectivity index (χ1v) is 6.19. The Kier molecular flexibility index (Phi) is 3.66. The van der Waals surface area contributed by atoms with E-state index in [1.54, 1.807) is 12.1 Å². The minimum Gasteiger partial charge on any atom is -0.495 e. The molecule has 1 aliphatic rings. The van der Waals surface area contributed by atoms with Gasteiger partial charge in [0, 0.05) is 18.7 Å². The number of carbonyl (C=O) groups is 2. The number of benzene rings is 1. The van der Waals surface area contributed by atoms with E-state index in [2.05, 4.69) is 0 Å². The van der Waals surface area contributed by atoms with Crippen molar-refractivity contribution in [2.24, 2.45) is 5.92 Å². The second-order valence-corrected chi connectivity index (χ2v) is 4.92. The van der Waals surface area contributed by atoms with E-state index in [4.69, 9.17) is 21.4 Å². The molecule has 102 valence electrons. The fourth-order valence-electron chi connectivity index (χ4n) is 2.20. The van der Waals surface area contributed by atoms with Crippen molar-refractivity contribution < 1.29 is 19.4 Å². The van der Waals surface area contributed by atoms with Crippen LogP contribution in [-0.2, 0) is 9.59 Å². The van der Waals surface area contributed by atoms with Crippen LogP contribution in [0.15, 0.2) is 12.1 Å². The van der Waals surface area contributed by atoms with Crippen molar-refractivity contribution >= 4 is 29.2 Å². The molecule has 1 atom stereocenters. The summed E-state index contributed by atoms with van der Waals surface area (Å²) in [5.74, 6) is -1.28. The van der Waals surface area contributed by atoms with Crippen molar-refractivity contribution in [3.8, 4) is 5.75 Å². The topological polar surface area (TPSA) is 66.8 Å². The van der Waals surface area contributed by atoms with Crippen LogP contribution in [0.4, 0.5) is 5.69 Å². The van der Waals surface area contributed by atoms with Crippen molar-refractivity contribution in [2.45, 2.75) is 13.3 Å². The average molecular weight is 284 g/mol. The fourth-order valence-corrected chi connectivity index (χ4v) is 2.43. The highest BCUT2D eigenvalue weighted by Gasteiger charge is 2.35. The zero-order valence-electron chi connectivity index (χ0n) is 10.6. The number of methoxy groups -OCH3 is 1. The molecule has 1 unspecified atom stereocenters. The molecular weight excluding hydrogens is 270 g/mol. The van der Waals surface area contributed by atoms with Crippen LogP contribution in [0.5, 0.6) is 5.75 Å². The van der Waals surface area contributed by atoms with Gasteiger partial charge in [0.25, 0.3) is 0 Å². The van der Waals surface area contributed by atoms with E-state index < -0.39 is 11.9 Å². The Morgan fingerprint density at radius 2 is 2.21 bits per heavy atom. The van der Waals surface area contributed by atoms with E-state index in [1.165, 1.54) is 12.0 Å². The summed E-state index contributed by atoms with van der Waals surface area (Å²) in [6.45, 7) is 2.01. The lowest BCUT2D eigenvalue weighted by Crippen LogP contribution is -2.26. The van der Waals surface area contributed by atoms with Gasteiger partial charge in [0.1, 0.15) is 5.75 Å². The number of ether oxygens (including phenoxy) is 1. The second kappa shape index (κ2) is 5.09. The predicted octanol–water partition coefficient (Wildman–Crippen LogP) is 2.09. The van der Waals surface area contributed by atoms with Crippen LogP contribution in [0.3, 0.4) is 0 Å². The number of rotatable bonds is 3. The molecule has 1 saturated heterocycles. The van der Waals surface area contributed by atoms with Crippen LogP contribution in [0.2, 0.25) is 5.02 Å². The summed E-state index contributed by atoms with van der Waals surface area (Å²) in [6.07, 6.45) is 0.0262. The lowest BCUT2D eigenvalue weighted by atomic mass is 10.1. The van der Waals surface area contributed by atoms with Crippen molar-refractivity contribution in [2.75, 3.05) is 18.6 Å². The lowest BCUT2D eigenvalue weighted by molar-refractivity contribution is -0.141. The number of nitrogens with zero attached hydrogens (tertiary/aromatic N) is 1. The fraction of sp³-hybridized carbons (Fsp3) is 0.385. The maximum atomic E-state index is 11.9. The molecule has 5 nitrogen and oxygen atoms in total. The smallest absolute Gasteiger partial charge is 0.308 e. The number of aliphatic carboxylic acids is 1. The Balaban J connectivity index is 2.35. The van der Waals surface area contributed by atoms with Crippen molar-refractivity contribution in [3.05, 3.63) is 22.7 Å². The molecule has 1 fully saturated rings. The first-order valence-electron chi connectivity index (χ1n) is 5.81. The molecule has 6 heteroatoms. The molecule has 0 spiro atoms. The molecule has 1 amide bonds. The minimum atomic E-state index is -0.951. The summed E-state index contributed by atoms with van der Waals surface area (Å²) < 4.78 is 5.10. The largest absolute Gasteiger partial charge is 0.495 e. The molecular formula is C13H14ClNO4. The highest BCUT2D eigenvalue weighted by molar-refractivity contribution is 6.32. The summed E-state index contributed by atoms with van der Waals surface area (Å²) >= 11 is 6.05. The Bertz CT molecular complexity index is 544. The summed E-state index contributed by atoms with van der Waals surface area (Å²) in [7, 11) is 1.52. The molecule has 1 aliphatic heterocycles.